The Kier molecular flexibility index (Phi) is 4.39. The van der Waals surface area contributed by atoms with E-state index in [1.165, 1.54) is 6.07 Å². The average Bonchev–Trinajstić information content (AvgIpc) is 2.75. The van der Waals surface area contributed by atoms with Crippen molar-refractivity contribution < 1.29 is 13.7 Å². The molecule has 1 unspecified atom stereocenters. The minimum atomic E-state index is -0.275. The van der Waals surface area contributed by atoms with Gasteiger partial charge in [0.05, 0.1) is 12.8 Å². The van der Waals surface area contributed by atoms with Gasteiger partial charge < -0.3 is 14.6 Å². The highest BCUT2D eigenvalue weighted by Crippen LogP contribution is 2.28. The van der Waals surface area contributed by atoms with E-state index in [4.69, 9.17) is 9.26 Å². The predicted molar refractivity (Wildman–Crippen MR) is 74.2 cm³/mol. The van der Waals surface area contributed by atoms with Crippen molar-refractivity contribution in [1.29, 1.82) is 0 Å². The molecule has 0 saturated carbocycles. The molecule has 1 N–H and O–H groups in total. The van der Waals surface area contributed by atoms with Crippen LogP contribution in [-0.2, 0) is 6.54 Å². The molecule has 0 aliphatic heterocycles. The molecule has 0 radical (unpaired) electrons. The molecule has 20 heavy (non-hydrogen) atoms. The van der Waals surface area contributed by atoms with Crippen molar-refractivity contribution in [1.82, 2.24) is 10.5 Å². The smallest absolute Gasteiger partial charge is 0.138 e. The third-order valence-electron chi connectivity index (χ3n) is 3.43. The van der Waals surface area contributed by atoms with Gasteiger partial charge in [-0.15, -0.1) is 0 Å². The molecule has 0 saturated heterocycles. The highest BCUT2D eigenvalue weighted by molar-refractivity contribution is 5.37. The van der Waals surface area contributed by atoms with Gasteiger partial charge in [-0.05, 0) is 32.9 Å². The number of hydrogen-bond donors (Lipinski definition) is 1. The van der Waals surface area contributed by atoms with Gasteiger partial charge in [0.15, 0.2) is 0 Å². The second-order valence-corrected chi connectivity index (χ2v) is 4.76. The summed E-state index contributed by atoms with van der Waals surface area (Å²) >= 11 is 0. The maximum absolute atomic E-state index is 14.0. The van der Waals surface area contributed by atoms with Gasteiger partial charge in [0.25, 0.3) is 0 Å². The Balaban J connectivity index is 2.15. The van der Waals surface area contributed by atoms with E-state index in [0.717, 1.165) is 17.0 Å². The Morgan fingerprint density at radius 3 is 2.75 bits per heavy atom. The topological polar surface area (TPSA) is 47.3 Å². The Hall–Kier alpha value is -1.88. The van der Waals surface area contributed by atoms with Crippen LogP contribution in [0.5, 0.6) is 5.75 Å². The van der Waals surface area contributed by atoms with Crippen LogP contribution in [0.25, 0.3) is 0 Å². The zero-order chi connectivity index (χ0) is 14.7. The van der Waals surface area contributed by atoms with Gasteiger partial charge in [0.2, 0.25) is 0 Å². The van der Waals surface area contributed by atoms with Gasteiger partial charge in [-0.1, -0.05) is 11.2 Å². The van der Waals surface area contributed by atoms with E-state index in [1.807, 2.05) is 20.8 Å². The molecule has 2 aromatic rings. The lowest BCUT2D eigenvalue weighted by Crippen LogP contribution is -2.20. The number of nitrogens with one attached hydrogen (secondary N) is 1. The highest BCUT2D eigenvalue weighted by atomic mass is 19.1. The zero-order valence-corrected chi connectivity index (χ0v) is 12.2. The Bertz CT molecular complexity index is 576. The number of halogens is 1. The van der Waals surface area contributed by atoms with Crippen LogP contribution in [0.15, 0.2) is 22.7 Å². The van der Waals surface area contributed by atoms with E-state index >= 15 is 0 Å². The van der Waals surface area contributed by atoms with Crippen molar-refractivity contribution in [2.24, 2.45) is 0 Å². The summed E-state index contributed by atoms with van der Waals surface area (Å²) in [4.78, 5) is 0. The number of aryl methyl sites for hydroxylation is 2. The second kappa shape index (κ2) is 6.05. The molecule has 5 heteroatoms. The highest BCUT2D eigenvalue weighted by Gasteiger charge is 2.17. The fourth-order valence-corrected chi connectivity index (χ4v) is 2.23. The largest absolute Gasteiger partial charge is 0.496 e. The quantitative estimate of drug-likeness (QED) is 0.911. The normalized spacial score (nSPS) is 12.4. The van der Waals surface area contributed by atoms with E-state index in [9.17, 15) is 4.39 Å². The van der Waals surface area contributed by atoms with Crippen LogP contribution in [-0.4, -0.2) is 12.3 Å². The van der Waals surface area contributed by atoms with Crippen LogP contribution >= 0.6 is 0 Å². The molecule has 0 bridgehead atoms. The molecule has 0 aliphatic rings. The van der Waals surface area contributed by atoms with E-state index < -0.39 is 0 Å². The summed E-state index contributed by atoms with van der Waals surface area (Å²) in [5.41, 5.74) is 2.39. The van der Waals surface area contributed by atoms with Gasteiger partial charge in [-0.3, -0.25) is 0 Å². The molecule has 1 atom stereocenters. The predicted octanol–water partition coefficient (Wildman–Crippen LogP) is 3.29. The summed E-state index contributed by atoms with van der Waals surface area (Å²) in [5, 5.41) is 7.18. The van der Waals surface area contributed by atoms with Crippen molar-refractivity contribution in [2.75, 3.05) is 7.11 Å². The summed E-state index contributed by atoms with van der Waals surface area (Å²) in [6.45, 7) is 6.23. The van der Waals surface area contributed by atoms with Gasteiger partial charge in [-0.25, -0.2) is 4.39 Å². The van der Waals surface area contributed by atoms with Crippen molar-refractivity contribution in [2.45, 2.75) is 33.4 Å². The molecular weight excluding hydrogens is 259 g/mol. The molecule has 1 aromatic carbocycles. The molecule has 0 aliphatic carbocycles. The number of benzene rings is 1. The maximum atomic E-state index is 14.0. The minimum Gasteiger partial charge on any atom is -0.496 e. The van der Waals surface area contributed by atoms with Crippen molar-refractivity contribution in [3.63, 3.8) is 0 Å². The van der Waals surface area contributed by atoms with E-state index in [1.54, 1.807) is 19.2 Å². The van der Waals surface area contributed by atoms with E-state index in [0.29, 0.717) is 17.9 Å². The van der Waals surface area contributed by atoms with E-state index in [-0.39, 0.29) is 11.9 Å². The van der Waals surface area contributed by atoms with Crippen molar-refractivity contribution in [3.05, 3.63) is 46.6 Å². The fourth-order valence-electron chi connectivity index (χ4n) is 2.23. The number of ether oxygens (including phenoxy) is 1. The molecular formula is C15H19FN2O2. The van der Waals surface area contributed by atoms with Gasteiger partial charge in [-0.2, -0.15) is 0 Å². The van der Waals surface area contributed by atoms with E-state index in [2.05, 4.69) is 10.5 Å². The lowest BCUT2D eigenvalue weighted by Gasteiger charge is -2.18. The molecule has 1 heterocycles. The van der Waals surface area contributed by atoms with Crippen molar-refractivity contribution in [3.8, 4) is 5.75 Å². The van der Waals surface area contributed by atoms with Crippen LogP contribution in [0.3, 0.4) is 0 Å². The lowest BCUT2D eigenvalue weighted by atomic mass is 10.1. The number of methoxy groups -OCH3 is 1. The molecule has 1 aromatic heterocycles. The number of aromatic nitrogens is 1. The first-order valence-corrected chi connectivity index (χ1v) is 6.52. The minimum absolute atomic E-state index is 0.181. The summed E-state index contributed by atoms with van der Waals surface area (Å²) in [7, 11) is 1.54. The number of hydrogen-bond acceptors (Lipinski definition) is 4. The third kappa shape index (κ3) is 2.82. The summed E-state index contributed by atoms with van der Waals surface area (Å²) in [6, 6.07) is 4.65. The van der Waals surface area contributed by atoms with Crippen LogP contribution in [0.2, 0.25) is 0 Å². The number of nitrogens with zero attached hydrogens (tertiary/aromatic N) is 1. The summed E-state index contributed by atoms with van der Waals surface area (Å²) < 4.78 is 24.3. The van der Waals surface area contributed by atoms with Crippen LogP contribution < -0.4 is 10.1 Å². The Labute approximate surface area is 117 Å². The molecule has 0 amide bonds. The maximum Gasteiger partial charge on any atom is 0.138 e. The van der Waals surface area contributed by atoms with Crippen LogP contribution in [0, 0.1) is 19.7 Å². The molecule has 0 fully saturated rings. The molecule has 2 rings (SSSR count). The Morgan fingerprint density at radius 2 is 2.15 bits per heavy atom. The SMILES string of the molecule is COc1cccc(F)c1C(C)NCc1c(C)noc1C. The first-order chi connectivity index (χ1) is 9.54. The van der Waals surface area contributed by atoms with Crippen LogP contribution in [0.1, 0.15) is 35.5 Å². The Morgan fingerprint density at radius 1 is 1.40 bits per heavy atom. The van der Waals surface area contributed by atoms with Gasteiger partial charge >= 0.3 is 0 Å². The first kappa shape index (κ1) is 14.5. The van der Waals surface area contributed by atoms with Gasteiger partial charge in [0.1, 0.15) is 17.3 Å². The van der Waals surface area contributed by atoms with Gasteiger partial charge in [0, 0.05) is 23.7 Å². The standard InChI is InChI=1S/C15H19FN2O2/c1-9-12(11(3)20-18-9)8-17-10(2)15-13(16)6-5-7-14(15)19-4/h5-7,10,17H,8H2,1-4H3. The second-order valence-electron chi connectivity index (χ2n) is 4.76. The molecule has 108 valence electrons. The zero-order valence-electron chi connectivity index (χ0n) is 12.2. The van der Waals surface area contributed by atoms with Crippen molar-refractivity contribution >= 4 is 0 Å². The third-order valence-corrected chi connectivity index (χ3v) is 3.43. The number of rotatable bonds is 5. The summed E-state index contributed by atoms with van der Waals surface area (Å²) in [6.07, 6.45) is 0. The first-order valence-electron chi connectivity index (χ1n) is 6.52. The molecule has 0 spiro atoms. The van der Waals surface area contributed by atoms with Crippen LogP contribution in [0.4, 0.5) is 4.39 Å². The summed E-state index contributed by atoms with van der Waals surface area (Å²) in [5.74, 6) is 1.05. The monoisotopic (exact) mass is 278 g/mol. The fraction of sp³-hybridized carbons (Fsp3) is 0.400. The lowest BCUT2D eigenvalue weighted by molar-refractivity contribution is 0.389. The average molecular weight is 278 g/mol. The molecule has 4 nitrogen and oxygen atoms in total.